The van der Waals surface area contributed by atoms with Crippen molar-refractivity contribution in [1.82, 2.24) is 0 Å². The van der Waals surface area contributed by atoms with E-state index in [1.165, 1.54) is 13.2 Å². The van der Waals surface area contributed by atoms with Gasteiger partial charge in [0.15, 0.2) is 11.2 Å². The van der Waals surface area contributed by atoms with Crippen LogP contribution >= 0.6 is 0 Å². The Labute approximate surface area is 143 Å². The van der Waals surface area contributed by atoms with Crippen molar-refractivity contribution < 1.29 is 18.7 Å². The highest BCUT2D eigenvalue weighted by Gasteiger charge is 2.17. The van der Waals surface area contributed by atoms with Crippen molar-refractivity contribution in [1.29, 1.82) is 0 Å². The minimum absolute atomic E-state index is 0.133. The topological polar surface area (TPSA) is 85.6 Å². The first-order valence-electron chi connectivity index (χ1n) is 7.53. The van der Waals surface area contributed by atoms with Crippen molar-refractivity contribution in [2.45, 2.75) is 6.92 Å². The third kappa shape index (κ3) is 3.14. The lowest BCUT2D eigenvalue weighted by Gasteiger charge is -2.09. The molecule has 2 aromatic carbocycles. The molecule has 1 N–H and O–H groups in total. The van der Waals surface area contributed by atoms with Crippen LogP contribution in [0.1, 0.15) is 26.5 Å². The summed E-state index contributed by atoms with van der Waals surface area (Å²) in [5, 5.41) is 2.99. The molecule has 0 aliphatic heterocycles. The number of rotatable bonds is 3. The fourth-order valence-electron chi connectivity index (χ4n) is 2.49. The quantitative estimate of drug-likeness (QED) is 0.742. The third-order valence-electron chi connectivity index (χ3n) is 3.76. The molecule has 25 heavy (non-hydrogen) atoms. The predicted molar refractivity (Wildman–Crippen MR) is 93.0 cm³/mol. The summed E-state index contributed by atoms with van der Waals surface area (Å²) in [6, 6.07) is 12.7. The van der Waals surface area contributed by atoms with E-state index in [2.05, 4.69) is 5.32 Å². The highest BCUT2D eigenvalue weighted by molar-refractivity contribution is 6.07. The third-order valence-corrected chi connectivity index (χ3v) is 3.76. The lowest BCUT2D eigenvalue weighted by molar-refractivity contribution is 0.0602. The van der Waals surface area contributed by atoms with Crippen LogP contribution in [0.15, 0.2) is 57.7 Å². The van der Waals surface area contributed by atoms with Crippen LogP contribution in [0.3, 0.4) is 0 Å². The summed E-state index contributed by atoms with van der Waals surface area (Å²) in [7, 11) is 1.26. The van der Waals surface area contributed by atoms with Gasteiger partial charge in [-0.3, -0.25) is 9.59 Å². The number of ether oxygens (including phenoxy) is 1. The summed E-state index contributed by atoms with van der Waals surface area (Å²) in [4.78, 5) is 36.5. The van der Waals surface area contributed by atoms with Gasteiger partial charge in [-0.2, -0.15) is 0 Å². The molecule has 0 saturated carbocycles. The standard InChI is InChI=1S/C19H15NO5/c1-11-6-5-8-13-15(21)10-16(25-17(11)13)18(22)20-14-9-4-3-7-12(14)19(23)24-2/h3-10H,1-2H3,(H,20,22). The van der Waals surface area contributed by atoms with E-state index in [1.54, 1.807) is 43.3 Å². The number of carbonyl (C=O) groups excluding carboxylic acids is 2. The Morgan fingerprint density at radius 1 is 1.08 bits per heavy atom. The van der Waals surface area contributed by atoms with E-state index >= 15 is 0 Å². The molecule has 1 aromatic heterocycles. The van der Waals surface area contributed by atoms with E-state index in [9.17, 15) is 14.4 Å². The number of esters is 1. The largest absolute Gasteiger partial charge is 0.465 e. The van der Waals surface area contributed by atoms with Crippen LogP contribution in [-0.2, 0) is 4.74 Å². The van der Waals surface area contributed by atoms with Crippen LogP contribution in [0, 0.1) is 6.92 Å². The lowest BCUT2D eigenvalue weighted by atomic mass is 10.1. The first kappa shape index (κ1) is 16.4. The molecular formula is C19H15NO5. The van der Waals surface area contributed by atoms with Crippen molar-refractivity contribution >= 4 is 28.5 Å². The average molecular weight is 337 g/mol. The molecule has 0 unspecified atom stereocenters. The molecule has 0 aliphatic rings. The highest BCUT2D eigenvalue weighted by atomic mass is 16.5. The minimum Gasteiger partial charge on any atom is -0.465 e. The molecule has 0 aliphatic carbocycles. The molecule has 6 heteroatoms. The van der Waals surface area contributed by atoms with E-state index in [0.717, 1.165) is 11.6 Å². The van der Waals surface area contributed by atoms with E-state index in [4.69, 9.17) is 9.15 Å². The van der Waals surface area contributed by atoms with Crippen molar-refractivity contribution in [2.75, 3.05) is 12.4 Å². The summed E-state index contributed by atoms with van der Waals surface area (Å²) >= 11 is 0. The Morgan fingerprint density at radius 3 is 2.60 bits per heavy atom. The van der Waals surface area contributed by atoms with Gasteiger partial charge < -0.3 is 14.5 Å². The molecule has 6 nitrogen and oxygen atoms in total. The fourth-order valence-corrected chi connectivity index (χ4v) is 2.49. The second-order valence-electron chi connectivity index (χ2n) is 5.42. The van der Waals surface area contributed by atoms with Gasteiger partial charge in [0.25, 0.3) is 5.91 Å². The zero-order chi connectivity index (χ0) is 18.0. The number of fused-ring (bicyclic) bond motifs is 1. The maximum Gasteiger partial charge on any atom is 0.339 e. The van der Waals surface area contributed by atoms with Crippen molar-refractivity contribution in [3.63, 3.8) is 0 Å². The molecule has 0 radical (unpaired) electrons. The summed E-state index contributed by atoms with van der Waals surface area (Å²) in [6.45, 7) is 1.79. The van der Waals surface area contributed by atoms with Gasteiger partial charge in [-0.15, -0.1) is 0 Å². The van der Waals surface area contributed by atoms with Crippen LogP contribution in [-0.4, -0.2) is 19.0 Å². The lowest BCUT2D eigenvalue weighted by Crippen LogP contribution is -2.17. The van der Waals surface area contributed by atoms with Crippen LogP contribution in [0.4, 0.5) is 5.69 Å². The minimum atomic E-state index is -0.626. The number of hydrogen-bond acceptors (Lipinski definition) is 5. The molecule has 0 saturated heterocycles. The molecule has 1 heterocycles. The second kappa shape index (κ2) is 6.60. The Hall–Kier alpha value is -3.41. The Balaban J connectivity index is 2.01. The molecule has 0 fully saturated rings. The van der Waals surface area contributed by atoms with Gasteiger partial charge in [0.1, 0.15) is 5.58 Å². The molecule has 1 amide bonds. The SMILES string of the molecule is COC(=O)c1ccccc1NC(=O)c1cc(=O)c2cccc(C)c2o1. The number of hydrogen-bond donors (Lipinski definition) is 1. The zero-order valence-corrected chi connectivity index (χ0v) is 13.7. The smallest absolute Gasteiger partial charge is 0.339 e. The predicted octanol–water partition coefficient (Wildman–Crippen LogP) is 3.14. The van der Waals surface area contributed by atoms with Crippen molar-refractivity contribution in [2.24, 2.45) is 0 Å². The number of carbonyl (C=O) groups is 2. The summed E-state index contributed by atoms with van der Waals surface area (Å²) in [6.07, 6.45) is 0. The Kier molecular flexibility index (Phi) is 4.35. The van der Waals surface area contributed by atoms with Crippen molar-refractivity contribution in [3.05, 3.63) is 75.6 Å². The monoisotopic (exact) mass is 337 g/mol. The number of amides is 1. The second-order valence-corrected chi connectivity index (χ2v) is 5.42. The summed E-state index contributed by atoms with van der Waals surface area (Å²) in [5.41, 5.74) is 1.28. The summed E-state index contributed by atoms with van der Waals surface area (Å²) < 4.78 is 10.3. The normalized spacial score (nSPS) is 10.5. The van der Waals surface area contributed by atoms with Gasteiger partial charge in [0, 0.05) is 6.07 Å². The van der Waals surface area contributed by atoms with Gasteiger partial charge in [-0.1, -0.05) is 24.3 Å². The molecule has 0 atom stereocenters. The number of benzene rings is 2. The first-order chi connectivity index (χ1) is 12.0. The van der Waals surface area contributed by atoms with Gasteiger partial charge in [0.05, 0.1) is 23.7 Å². The maximum atomic E-state index is 12.5. The Morgan fingerprint density at radius 2 is 1.84 bits per heavy atom. The average Bonchev–Trinajstić information content (AvgIpc) is 2.62. The number of methoxy groups -OCH3 is 1. The molecule has 126 valence electrons. The number of anilines is 1. The van der Waals surface area contributed by atoms with Crippen molar-refractivity contribution in [3.8, 4) is 0 Å². The van der Waals surface area contributed by atoms with Crippen LogP contribution in [0.2, 0.25) is 0 Å². The van der Waals surface area contributed by atoms with Gasteiger partial charge in [0.2, 0.25) is 0 Å². The van der Waals surface area contributed by atoms with Crippen LogP contribution < -0.4 is 10.7 Å². The molecule has 3 rings (SSSR count). The van der Waals surface area contributed by atoms with E-state index in [0.29, 0.717) is 11.0 Å². The van der Waals surface area contributed by atoms with E-state index < -0.39 is 11.9 Å². The zero-order valence-electron chi connectivity index (χ0n) is 13.7. The number of para-hydroxylation sites is 2. The van der Waals surface area contributed by atoms with Gasteiger partial charge in [-0.25, -0.2) is 4.79 Å². The van der Waals surface area contributed by atoms with Gasteiger partial charge >= 0.3 is 5.97 Å². The fraction of sp³-hybridized carbons (Fsp3) is 0.105. The maximum absolute atomic E-state index is 12.5. The summed E-state index contributed by atoms with van der Waals surface area (Å²) in [5.74, 6) is -1.34. The molecule has 0 spiro atoms. The molecule has 3 aromatic rings. The van der Waals surface area contributed by atoms with E-state index in [1.807, 2.05) is 0 Å². The first-order valence-corrected chi connectivity index (χ1v) is 7.53. The van der Waals surface area contributed by atoms with Crippen LogP contribution in [0.5, 0.6) is 0 Å². The highest BCUT2D eigenvalue weighted by Crippen LogP contribution is 2.20. The Bertz CT molecular complexity index is 1040. The molecular weight excluding hydrogens is 322 g/mol. The molecule has 0 bridgehead atoms. The van der Waals surface area contributed by atoms with Gasteiger partial charge in [-0.05, 0) is 30.7 Å². The van der Waals surface area contributed by atoms with E-state index in [-0.39, 0.29) is 22.4 Å². The van der Waals surface area contributed by atoms with Crippen LogP contribution in [0.25, 0.3) is 11.0 Å². The number of nitrogens with one attached hydrogen (secondary N) is 1. The number of aryl methyl sites for hydroxylation is 1.